The molecule has 1 fully saturated rings. The summed E-state index contributed by atoms with van der Waals surface area (Å²) in [5.41, 5.74) is 0. The average Bonchev–Trinajstić information content (AvgIpc) is 2.84. The third-order valence-electron chi connectivity index (χ3n) is 3.15. The van der Waals surface area contributed by atoms with Gasteiger partial charge in [0.25, 0.3) is 0 Å². The molecule has 2 unspecified atom stereocenters. The summed E-state index contributed by atoms with van der Waals surface area (Å²) in [6.45, 7) is 7.02. The van der Waals surface area contributed by atoms with Crippen LogP contribution >= 0.6 is 24.0 Å². The number of halogens is 1. The molecular formula is C13H24IN5. The van der Waals surface area contributed by atoms with Gasteiger partial charge < -0.3 is 10.6 Å². The van der Waals surface area contributed by atoms with E-state index in [0.29, 0.717) is 6.04 Å². The van der Waals surface area contributed by atoms with Crippen LogP contribution < -0.4 is 10.6 Å². The lowest BCUT2D eigenvalue weighted by Crippen LogP contribution is -2.39. The van der Waals surface area contributed by atoms with Crippen LogP contribution in [0.3, 0.4) is 0 Å². The first-order valence-corrected chi connectivity index (χ1v) is 6.82. The number of hydrogen-bond acceptors (Lipinski definition) is 2. The zero-order chi connectivity index (χ0) is 12.8. The summed E-state index contributed by atoms with van der Waals surface area (Å²) in [5.74, 6) is 1.74. The number of nitrogens with one attached hydrogen (secondary N) is 2. The van der Waals surface area contributed by atoms with Crippen molar-refractivity contribution in [2.75, 3.05) is 13.1 Å². The van der Waals surface area contributed by atoms with Crippen molar-refractivity contribution >= 4 is 29.9 Å². The van der Waals surface area contributed by atoms with Gasteiger partial charge in [0.2, 0.25) is 0 Å². The smallest absolute Gasteiger partial charge is 0.191 e. The molecule has 0 amide bonds. The van der Waals surface area contributed by atoms with Crippen molar-refractivity contribution in [1.82, 2.24) is 20.4 Å². The topological polar surface area (TPSA) is 54.2 Å². The van der Waals surface area contributed by atoms with Crippen LogP contribution in [-0.2, 0) is 6.54 Å². The van der Waals surface area contributed by atoms with Crippen LogP contribution in [0.4, 0.5) is 0 Å². The zero-order valence-corrected chi connectivity index (χ0v) is 14.0. The van der Waals surface area contributed by atoms with E-state index in [1.165, 1.54) is 6.42 Å². The molecule has 0 radical (unpaired) electrons. The van der Waals surface area contributed by atoms with E-state index in [1.54, 1.807) is 0 Å². The Morgan fingerprint density at radius 2 is 2.32 bits per heavy atom. The predicted molar refractivity (Wildman–Crippen MR) is 88.9 cm³/mol. The van der Waals surface area contributed by atoms with Crippen molar-refractivity contribution in [3.05, 3.63) is 18.5 Å². The summed E-state index contributed by atoms with van der Waals surface area (Å²) >= 11 is 0. The van der Waals surface area contributed by atoms with Gasteiger partial charge in [-0.15, -0.1) is 24.0 Å². The molecule has 0 aromatic carbocycles. The maximum Gasteiger partial charge on any atom is 0.191 e. The molecule has 5 nitrogen and oxygen atoms in total. The Balaban J connectivity index is 0.00000180. The molecule has 6 heteroatoms. The Labute approximate surface area is 132 Å². The van der Waals surface area contributed by atoms with Gasteiger partial charge in [0.1, 0.15) is 0 Å². The van der Waals surface area contributed by atoms with Crippen LogP contribution in [0, 0.1) is 5.92 Å². The summed E-state index contributed by atoms with van der Waals surface area (Å²) in [7, 11) is 0. The fourth-order valence-corrected chi connectivity index (χ4v) is 1.88. The number of rotatable bonds is 6. The Kier molecular flexibility index (Phi) is 7.19. The van der Waals surface area contributed by atoms with Crippen LogP contribution in [0.1, 0.15) is 26.7 Å². The quantitative estimate of drug-likeness (QED) is 0.344. The van der Waals surface area contributed by atoms with Crippen molar-refractivity contribution in [2.24, 2.45) is 10.9 Å². The summed E-state index contributed by atoms with van der Waals surface area (Å²) in [6.07, 6.45) is 6.07. The first-order chi connectivity index (χ1) is 8.79. The van der Waals surface area contributed by atoms with E-state index in [2.05, 4.69) is 34.6 Å². The van der Waals surface area contributed by atoms with E-state index in [4.69, 9.17) is 0 Å². The molecule has 2 N–H and O–H groups in total. The Morgan fingerprint density at radius 1 is 1.53 bits per heavy atom. The van der Waals surface area contributed by atoms with E-state index in [0.717, 1.165) is 37.9 Å². The molecule has 108 valence electrons. The highest BCUT2D eigenvalue weighted by Crippen LogP contribution is 2.28. The van der Waals surface area contributed by atoms with E-state index in [1.807, 2.05) is 23.1 Å². The highest BCUT2D eigenvalue weighted by atomic mass is 127. The molecule has 2 rings (SSSR count). The summed E-state index contributed by atoms with van der Waals surface area (Å²) < 4.78 is 1.94. The number of aromatic nitrogens is 2. The van der Waals surface area contributed by atoms with Gasteiger partial charge in [-0.05, 0) is 31.7 Å². The third-order valence-corrected chi connectivity index (χ3v) is 3.15. The van der Waals surface area contributed by atoms with E-state index < -0.39 is 0 Å². The maximum atomic E-state index is 4.58. The first-order valence-electron chi connectivity index (χ1n) is 6.82. The van der Waals surface area contributed by atoms with Gasteiger partial charge in [0.05, 0.1) is 0 Å². The maximum absolute atomic E-state index is 4.58. The number of hydrogen-bond donors (Lipinski definition) is 2. The lowest BCUT2D eigenvalue weighted by molar-refractivity contribution is 0.583. The van der Waals surface area contributed by atoms with Crippen LogP contribution in [0.15, 0.2) is 23.5 Å². The predicted octanol–water partition coefficient (Wildman–Crippen LogP) is 1.85. The molecular weight excluding hydrogens is 353 g/mol. The normalized spacial score (nSPS) is 21.7. The van der Waals surface area contributed by atoms with Crippen molar-refractivity contribution in [1.29, 1.82) is 0 Å². The van der Waals surface area contributed by atoms with Gasteiger partial charge >= 0.3 is 0 Å². The third kappa shape index (κ3) is 5.80. The number of aliphatic imine (C=N–C) groups is 1. The SMILES string of the molecule is CCNC(=NCCCn1cccn1)NC1CC1C.I. The summed E-state index contributed by atoms with van der Waals surface area (Å²) in [6, 6.07) is 2.57. The van der Waals surface area contributed by atoms with Crippen molar-refractivity contribution < 1.29 is 0 Å². The number of nitrogens with zero attached hydrogens (tertiary/aromatic N) is 3. The summed E-state index contributed by atoms with van der Waals surface area (Å²) in [4.78, 5) is 4.58. The molecule has 1 saturated carbocycles. The van der Waals surface area contributed by atoms with E-state index in [9.17, 15) is 0 Å². The first kappa shape index (κ1) is 16.3. The molecule has 2 atom stereocenters. The molecule has 0 saturated heterocycles. The lowest BCUT2D eigenvalue weighted by atomic mass is 10.4. The van der Waals surface area contributed by atoms with E-state index >= 15 is 0 Å². The minimum atomic E-state index is 0. The van der Waals surface area contributed by atoms with Gasteiger partial charge in [0, 0.05) is 38.1 Å². The lowest BCUT2D eigenvalue weighted by Gasteiger charge is -2.10. The van der Waals surface area contributed by atoms with Crippen molar-refractivity contribution in [3.8, 4) is 0 Å². The molecule has 1 aliphatic carbocycles. The largest absolute Gasteiger partial charge is 0.357 e. The van der Waals surface area contributed by atoms with Gasteiger partial charge in [0.15, 0.2) is 5.96 Å². The number of aryl methyl sites for hydroxylation is 1. The van der Waals surface area contributed by atoms with Crippen molar-refractivity contribution in [3.63, 3.8) is 0 Å². The molecule has 1 aromatic rings. The molecule has 0 spiro atoms. The second kappa shape index (κ2) is 8.39. The molecule has 1 heterocycles. The van der Waals surface area contributed by atoms with Crippen LogP contribution in [0.25, 0.3) is 0 Å². The van der Waals surface area contributed by atoms with Gasteiger partial charge in [-0.1, -0.05) is 6.92 Å². The molecule has 0 aliphatic heterocycles. The Morgan fingerprint density at radius 3 is 2.89 bits per heavy atom. The Hall–Kier alpha value is -0.790. The van der Waals surface area contributed by atoms with Gasteiger partial charge in [-0.25, -0.2) is 0 Å². The fourth-order valence-electron chi connectivity index (χ4n) is 1.88. The highest BCUT2D eigenvalue weighted by molar-refractivity contribution is 14.0. The molecule has 0 bridgehead atoms. The minimum absolute atomic E-state index is 0. The van der Waals surface area contributed by atoms with Crippen molar-refractivity contribution in [2.45, 2.75) is 39.3 Å². The average molecular weight is 377 g/mol. The molecule has 1 aromatic heterocycles. The van der Waals surface area contributed by atoms with E-state index in [-0.39, 0.29) is 24.0 Å². The minimum Gasteiger partial charge on any atom is -0.357 e. The molecule has 1 aliphatic rings. The fraction of sp³-hybridized carbons (Fsp3) is 0.692. The van der Waals surface area contributed by atoms with Gasteiger partial charge in [-0.2, -0.15) is 5.10 Å². The standard InChI is InChI=1S/C13H23N5.HI/c1-3-14-13(17-12-10-11(12)2)15-6-4-8-18-9-5-7-16-18;/h5,7,9,11-12H,3-4,6,8,10H2,1-2H3,(H2,14,15,17);1H. The number of guanidine groups is 1. The Bertz CT molecular complexity index is 376. The van der Waals surface area contributed by atoms with Crippen LogP contribution in [0.5, 0.6) is 0 Å². The highest BCUT2D eigenvalue weighted by Gasteiger charge is 2.33. The second-order valence-corrected chi connectivity index (χ2v) is 4.85. The zero-order valence-electron chi connectivity index (χ0n) is 11.7. The molecule has 19 heavy (non-hydrogen) atoms. The summed E-state index contributed by atoms with van der Waals surface area (Å²) in [5, 5.41) is 10.9. The monoisotopic (exact) mass is 377 g/mol. The second-order valence-electron chi connectivity index (χ2n) is 4.85. The van der Waals surface area contributed by atoms with Crippen LogP contribution in [-0.4, -0.2) is 34.9 Å². The van der Waals surface area contributed by atoms with Gasteiger partial charge in [-0.3, -0.25) is 9.67 Å². The van der Waals surface area contributed by atoms with Crippen LogP contribution in [0.2, 0.25) is 0 Å².